The number of rotatable bonds is 5. The van der Waals surface area contributed by atoms with Gasteiger partial charge in [0.2, 0.25) is 0 Å². The molecule has 0 amide bonds. The summed E-state index contributed by atoms with van der Waals surface area (Å²) in [5.74, 6) is -0.470. The molecule has 4 aromatic heterocycles. The molecule has 0 radical (unpaired) electrons. The number of pyridine rings is 2. The molecule has 0 aliphatic carbocycles. The Labute approximate surface area is 180 Å². The number of hydrogen-bond donors (Lipinski definition) is 2. The van der Waals surface area contributed by atoms with Crippen LogP contribution >= 0.6 is 0 Å². The summed E-state index contributed by atoms with van der Waals surface area (Å²) in [6, 6.07) is 10.1. The summed E-state index contributed by atoms with van der Waals surface area (Å²) in [4.78, 5) is 29.1. The molecule has 7 nitrogen and oxygen atoms in total. The van der Waals surface area contributed by atoms with Gasteiger partial charge in [-0.3, -0.25) is 9.20 Å². The number of nitrogens with one attached hydrogen (secondary N) is 2. The van der Waals surface area contributed by atoms with Gasteiger partial charge in [-0.1, -0.05) is 19.1 Å². The summed E-state index contributed by atoms with van der Waals surface area (Å²) in [5, 5.41) is 3.36. The smallest absolute Gasteiger partial charge is 0.263 e. The molecule has 0 aliphatic heterocycles. The van der Waals surface area contributed by atoms with Crippen molar-refractivity contribution in [3.05, 3.63) is 88.9 Å². The van der Waals surface area contributed by atoms with Gasteiger partial charge in [0, 0.05) is 11.7 Å². The number of hydrogen-bond acceptors (Lipinski definition) is 5. The number of fused-ring (bicyclic) bond motifs is 2. The van der Waals surface area contributed by atoms with Crippen molar-refractivity contribution in [2.24, 2.45) is 0 Å². The highest BCUT2D eigenvalue weighted by atomic mass is 19.1. The molecule has 2 N–H and O–H groups in total. The van der Waals surface area contributed by atoms with Gasteiger partial charge in [0.1, 0.15) is 23.5 Å². The number of anilines is 1. The molecule has 0 saturated carbocycles. The number of nitrogens with zero attached hydrogens (tertiary/aromatic N) is 4. The van der Waals surface area contributed by atoms with Gasteiger partial charge in [-0.2, -0.15) is 0 Å². The first-order valence-corrected chi connectivity index (χ1v) is 10.1. The van der Waals surface area contributed by atoms with Gasteiger partial charge < -0.3 is 10.3 Å². The summed E-state index contributed by atoms with van der Waals surface area (Å²) >= 11 is 0. The first kappa shape index (κ1) is 19.8. The highest BCUT2D eigenvalue weighted by Crippen LogP contribution is 2.32. The van der Waals surface area contributed by atoms with Crippen molar-refractivity contribution in [3.63, 3.8) is 0 Å². The fourth-order valence-electron chi connectivity index (χ4n) is 3.90. The summed E-state index contributed by atoms with van der Waals surface area (Å²) in [6.45, 7) is 1.96. The van der Waals surface area contributed by atoms with Gasteiger partial charge in [-0.25, -0.2) is 23.7 Å². The van der Waals surface area contributed by atoms with Gasteiger partial charge >= 0.3 is 0 Å². The van der Waals surface area contributed by atoms with Crippen LogP contribution < -0.4 is 10.9 Å². The third-order valence-corrected chi connectivity index (χ3v) is 5.40. The molecule has 9 heteroatoms. The van der Waals surface area contributed by atoms with Crippen molar-refractivity contribution in [1.82, 2.24) is 24.3 Å². The Bertz CT molecular complexity index is 1510. The minimum absolute atomic E-state index is 0.293. The predicted octanol–water partition coefficient (Wildman–Crippen LogP) is 4.47. The second kappa shape index (κ2) is 7.84. The average Bonchev–Trinajstić information content (AvgIpc) is 3.27. The highest BCUT2D eigenvalue weighted by molar-refractivity contribution is 5.82. The molecule has 1 aromatic carbocycles. The maximum absolute atomic E-state index is 14.1. The zero-order valence-electron chi connectivity index (χ0n) is 17.0. The quantitative estimate of drug-likeness (QED) is 0.428. The van der Waals surface area contributed by atoms with Crippen LogP contribution in [0.25, 0.3) is 27.8 Å². The van der Waals surface area contributed by atoms with E-state index in [0.29, 0.717) is 45.6 Å². The summed E-state index contributed by atoms with van der Waals surface area (Å²) < 4.78 is 29.2. The minimum atomic E-state index is -0.537. The van der Waals surface area contributed by atoms with E-state index in [0.717, 1.165) is 6.20 Å². The molecule has 0 fully saturated rings. The second-order valence-corrected chi connectivity index (χ2v) is 7.36. The van der Waals surface area contributed by atoms with Crippen molar-refractivity contribution in [2.45, 2.75) is 19.4 Å². The van der Waals surface area contributed by atoms with Crippen molar-refractivity contribution in [2.75, 3.05) is 5.32 Å². The van der Waals surface area contributed by atoms with E-state index in [2.05, 4.69) is 25.3 Å². The van der Waals surface area contributed by atoms with Crippen LogP contribution in [0, 0.1) is 11.6 Å². The van der Waals surface area contributed by atoms with E-state index < -0.39 is 17.2 Å². The van der Waals surface area contributed by atoms with Crippen LogP contribution in [0.15, 0.2) is 66.1 Å². The fourth-order valence-corrected chi connectivity index (χ4v) is 3.90. The Kier molecular flexibility index (Phi) is 4.85. The van der Waals surface area contributed by atoms with E-state index in [1.807, 2.05) is 13.0 Å². The summed E-state index contributed by atoms with van der Waals surface area (Å²) in [5.41, 5.74) is 2.61. The van der Waals surface area contributed by atoms with Crippen molar-refractivity contribution in [1.29, 1.82) is 0 Å². The van der Waals surface area contributed by atoms with E-state index in [4.69, 9.17) is 0 Å². The number of H-pyrrole nitrogens is 1. The molecule has 0 saturated heterocycles. The van der Waals surface area contributed by atoms with Gasteiger partial charge in [0.05, 0.1) is 17.9 Å². The molecule has 0 spiro atoms. The molecule has 0 bridgehead atoms. The fraction of sp³-hybridized carbons (Fsp3) is 0.130. The lowest BCUT2D eigenvalue weighted by Gasteiger charge is -2.22. The normalized spacial score (nSPS) is 12.3. The van der Waals surface area contributed by atoms with Crippen LogP contribution in [-0.4, -0.2) is 24.3 Å². The van der Waals surface area contributed by atoms with Gasteiger partial charge in [0.15, 0.2) is 11.5 Å². The third kappa shape index (κ3) is 3.37. The summed E-state index contributed by atoms with van der Waals surface area (Å²) in [7, 11) is 0. The van der Waals surface area contributed by atoms with Gasteiger partial charge in [-0.05, 0) is 47.9 Å². The Morgan fingerprint density at radius 2 is 1.97 bits per heavy atom. The highest BCUT2D eigenvalue weighted by Gasteiger charge is 2.22. The van der Waals surface area contributed by atoms with E-state index in [9.17, 15) is 13.6 Å². The van der Waals surface area contributed by atoms with Gasteiger partial charge in [-0.15, -0.1) is 0 Å². The average molecular weight is 432 g/mol. The number of benzene rings is 1. The molecule has 32 heavy (non-hydrogen) atoms. The lowest BCUT2D eigenvalue weighted by atomic mass is 9.94. The monoisotopic (exact) mass is 432 g/mol. The second-order valence-electron chi connectivity index (χ2n) is 7.36. The Morgan fingerprint density at radius 1 is 1.09 bits per heavy atom. The molecule has 4 heterocycles. The Hall–Kier alpha value is -4.14. The van der Waals surface area contributed by atoms with Crippen LogP contribution in [-0.2, 0) is 0 Å². The van der Waals surface area contributed by atoms with E-state index in [1.54, 1.807) is 18.2 Å². The lowest BCUT2D eigenvalue weighted by Crippen LogP contribution is -2.22. The number of imidazole rings is 1. The van der Waals surface area contributed by atoms with Crippen molar-refractivity contribution >= 4 is 22.5 Å². The number of aromatic amines is 1. The molecule has 5 rings (SSSR count). The van der Waals surface area contributed by atoms with Crippen molar-refractivity contribution in [3.8, 4) is 11.1 Å². The molecular formula is C23H18F2N6O. The molecular weight excluding hydrogens is 414 g/mol. The topological polar surface area (TPSA) is 88.0 Å². The van der Waals surface area contributed by atoms with Crippen LogP contribution in [0.3, 0.4) is 0 Å². The van der Waals surface area contributed by atoms with Crippen LogP contribution in [0.5, 0.6) is 0 Å². The number of halogens is 2. The number of aromatic nitrogens is 5. The molecule has 160 valence electrons. The van der Waals surface area contributed by atoms with Crippen LogP contribution in [0.4, 0.5) is 14.6 Å². The standard InChI is InChI=1S/C23H18F2N6O/c1-2-18(30-22-20-21(27-11-26-20)28-12-29-22)17-9-16-7-6-15(25)10-31(16)23(32)19(17)13-4-3-5-14(24)8-13/h3-12,18H,2H2,1H3,(H2,26,27,28,29,30)/t18-/m0/s1. The molecule has 5 aromatic rings. The predicted molar refractivity (Wildman–Crippen MR) is 117 cm³/mol. The molecule has 0 aliphatic rings. The van der Waals surface area contributed by atoms with Crippen LogP contribution in [0.1, 0.15) is 24.9 Å². The Balaban J connectivity index is 1.74. The largest absolute Gasteiger partial charge is 0.361 e. The van der Waals surface area contributed by atoms with Gasteiger partial charge in [0.25, 0.3) is 5.56 Å². The summed E-state index contributed by atoms with van der Waals surface area (Å²) in [6.07, 6.45) is 4.67. The SMILES string of the molecule is CC[C@H](Nc1ncnc2nc[nH]c12)c1cc2ccc(F)cn2c(=O)c1-c1cccc(F)c1. The maximum atomic E-state index is 14.1. The molecule has 0 unspecified atom stereocenters. The minimum Gasteiger partial charge on any atom is -0.361 e. The zero-order chi connectivity index (χ0) is 22.2. The van der Waals surface area contributed by atoms with E-state index in [1.165, 1.54) is 35.3 Å². The van der Waals surface area contributed by atoms with Crippen LogP contribution in [0.2, 0.25) is 0 Å². The van der Waals surface area contributed by atoms with E-state index in [-0.39, 0.29) is 6.04 Å². The molecule has 1 atom stereocenters. The van der Waals surface area contributed by atoms with Crippen molar-refractivity contribution < 1.29 is 8.78 Å². The first-order chi connectivity index (χ1) is 15.5. The third-order valence-electron chi connectivity index (χ3n) is 5.40. The zero-order valence-corrected chi connectivity index (χ0v) is 17.0. The van der Waals surface area contributed by atoms with E-state index >= 15 is 0 Å². The Morgan fingerprint density at radius 3 is 2.78 bits per heavy atom. The lowest BCUT2D eigenvalue weighted by molar-refractivity contribution is 0.617. The first-order valence-electron chi connectivity index (χ1n) is 10.1. The maximum Gasteiger partial charge on any atom is 0.263 e.